The monoisotopic (exact) mass is 412 g/mol. The second-order valence-electron chi connectivity index (χ2n) is 6.03. The van der Waals surface area contributed by atoms with Crippen molar-refractivity contribution in [1.29, 1.82) is 0 Å². The molecule has 8 heteroatoms. The lowest BCUT2D eigenvalue weighted by molar-refractivity contribution is -0.128. The van der Waals surface area contributed by atoms with Crippen LogP contribution in [0.1, 0.15) is 12.8 Å². The zero-order chi connectivity index (χ0) is 18.7. The van der Waals surface area contributed by atoms with Gasteiger partial charge in [0.05, 0.1) is 10.6 Å². The Bertz CT molecular complexity index is 895. The zero-order valence-corrected chi connectivity index (χ0v) is 16.3. The molecule has 2 aromatic carbocycles. The summed E-state index contributed by atoms with van der Waals surface area (Å²) >= 11 is 11.9. The van der Waals surface area contributed by atoms with Crippen LogP contribution in [0.25, 0.3) is 0 Å². The molecule has 3 rings (SSSR count). The predicted molar refractivity (Wildman–Crippen MR) is 103 cm³/mol. The number of benzene rings is 2. The summed E-state index contributed by atoms with van der Waals surface area (Å²) in [5, 5.41) is 0.832. The minimum Gasteiger partial charge on any atom is -0.341 e. The van der Waals surface area contributed by atoms with E-state index < -0.39 is 10.0 Å². The van der Waals surface area contributed by atoms with Crippen molar-refractivity contribution in [3.8, 4) is 0 Å². The number of rotatable bonds is 5. The van der Waals surface area contributed by atoms with E-state index in [1.54, 1.807) is 23.1 Å². The summed E-state index contributed by atoms with van der Waals surface area (Å²) in [5.74, 6) is -0.222. The molecule has 1 fully saturated rings. The Morgan fingerprint density at radius 1 is 1.00 bits per heavy atom. The van der Waals surface area contributed by atoms with Crippen LogP contribution in [0.2, 0.25) is 10.0 Å². The molecule has 26 heavy (non-hydrogen) atoms. The highest BCUT2D eigenvalue weighted by atomic mass is 35.5. The average Bonchev–Trinajstić information content (AvgIpc) is 3.14. The van der Waals surface area contributed by atoms with Crippen LogP contribution in [0, 0.1) is 0 Å². The molecule has 0 bridgehead atoms. The fourth-order valence-corrected chi connectivity index (χ4v) is 4.59. The summed E-state index contributed by atoms with van der Waals surface area (Å²) in [6.45, 7) is 1.04. The molecule has 1 aliphatic rings. The van der Waals surface area contributed by atoms with E-state index in [4.69, 9.17) is 23.2 Å². The van der Waals surface area contributed by atoms with E-state index in [0.717, 1.165) is 17.1 Å². The van der Waals surface area contributed by atoms with Crippen molar-refractivity contribution in [2.45, 2.75) is 17.7 Å². The van der Waals surface area contributed by atoms with Gasteiger partial charge in [-0.2, -0.15) is 0 Å². The molecule has 0 unspecified atom stereocenters. The van der Waals surface area contributed by atoms with Crippen LogP contribution in [0.3, 0.4) is 0 Å². The topological polar surface area (TPSA) is 57.7 Å². The maximum atomic E-state index is 13.2. The van der Waals surface area contributed by atoms with Crippen LogP contribution in [-0.2, 0) is 14.8 Å². The summed E-state index contributed by atoms with van der Waals surface area (Å²) in [6, 6.07) is 12.3. The summed E-state index contributed by atoms with van der Waals surface area (Å²) in [4.78, 5) is 14.4. The number of anilines is 1. The molecule has 0 spiro atoms. The number of carbonyl (C=O) groups excluding carboxylic acids is 1. The second-order valence-corrected chi connectivity index (χ2v) is 8.77. The van der Waals surface area contributed by atoms with Gasteiger partial charge in [0, 0.05) is 23.1 Å². The molecule has 138 valence electrons. The van der Waals surface area contributed by atoms with E-state index in [9.17, 15) is 13.2 Å². The van der Waals surface area contributed by atoms with Crippen molar-refractivity contribution in [3.63, 3.8) is 0 Å². The van der Waals surface area contributed by atoms with Crippen LogP contribution < -0.4 is 4.31 Å². The number of carbonyl (C=O) groups is 1. The predicted octanol–water partition coefficient (Wildman–Crippen LogP) is 3.81. The molecule has 5 nitrogen and oxygen atoms in total. The standard InChI is InChI=1S/C18H18Cl2N2O3S/c19-14-6-8-17(9-7-14)26(24,25)22(16-5-3-4-15(20)12-16)13-18(23)21-10-1-2-11-21/h3-9,12H,1-2,10-11,13H2. The second kappa shape index (κ2) is 7.86. The first-order valence-electron chi connectivity index (χ1n) is 8.19. The Labute approximate surface area is 163 Å². The van der Waals surface area contributed by atoms with Gasteiger partial charge in [-0.15, -0.1) is 0 Å². The maximum absolute atomic E-state index is 13.2. The van der Waals surface area contributed by atoms with Gasteiger partial charge in [-0.05, 0) is 55.3 Å². The molecule has 1 heterocycles. The molecule has 1 aliphatic heterocycles. The van der Waals surface area contributed by atoms with Gasteiger partial charge < -0.3 is 4.90 Å². The Morgan fingerprint density at radius 3 is 2.27 bits per heavy atom. The highest BCUT2D eigenvalue weighted by Crippen LogP contribution is 2.27. The van der Waals surface area contributed by atoms with Crippen molar-refractivity contribution in [2.75, 3.05) is 23.9 Å². The van der Waals surface area contributed by atoms with E-state index in [2.05, 4.69) is 0 Å². The lowest BCUT2D eigenvalue weighted by atomic mass is 10.3. The zero-order valence-electron chi connectivity index (χ0n) is 13.9. The van der Waals surface area contributed by atoms with Crippen molar-refractivity contribution in [1.82, 2.24) is 4.90 Å². The SMILES string of the molecule is O=C(CN(c1cccc(Cl)c1)S(=O)(=O)c1ccc(Cl)cc1)N1CCCC1. The lowest BCUT2D eigenvalue weighted by Crippen LogP contribution is -2.42. The first-order valence-corrected chi connectivity index (χ1v) is 10.4. The molecule has 0 aromatic heterocycles. The number of likely N-dealkylation sites (tertiary alicyclic amines) is 1. The molecule has 1 amide bonds. The Morgan fingerprint density at radius 2 is 1.65 bits per heavy atom. The molecule has 0 aliphatic carbocycles. The molecule has 0 saturated carbocycles. The Hall–Kier alpha value is -1.76. The van der Waals surface area contributed by atoms with Crippen molar-refractivity contribution >= 4 is 44.8 Å². The van der Waals surface area contributed by atoms with Gasteiger partial charge in [0.2, 0.25) is 5.91 Å². The highest BCUT2D eigenvalue weighted by molar-refractivity contribution is 7.92. The number of sulfonamides is 1. The number of halogens is 2. The molecular formula is C18H18Cl2N2O3S. The molecule has 0 radical (unpaired) electrons. The fourth-order valence-electron chi connectivity index (χ4n) is 2.87. The third kappa shape index (κ3) is 4.14. The van der Waals surface area contributed by atoms with Crippen molar-refractivity contribution in [3.05, 3.63) is 58.6 Å². The summed E-state index contributed by atoms with van der Waals surface area (Å²) in [6.07, 6.45) is 1.87. The van der Waals surface area contributed by atoms with E-state index >= 15 is 0 Å². The van der Waals surface area contributed by atoms with Gasteiger partial charge >= 0.3 is 0 Å². The number of hydrogen-bond acceptors (Lipinski definition) is 3. The molecule has 0 atom stereocenters. The van der Waals surface area contributed by atoms with Crippen molar-refractivity contribution < 1.29 is 13.2 Å². The van der Waals surface area contributed by atoms with Crippen LogP contribution in [-0.4, -0.2) is 38.9 Å². The average molecular weight is 413 g/mol. The third-order valence-corrected chi connectivity index (χ3v) is 6.51. The molecule has 1 saturated heterocycles. The van der Waals surface area contributed by atoms with Crippen LogP contribution in [0.4, 0.5) is 5.69 Å². The third-order valence-electron chi connectivity index (χ3n) is 4.24. The smallest absolute Gasteiger partial charge is 0.264 e. The van der Waals surface area contributed by atoms with Gasteiger partial charge in [0.15, 0.2) is 0 Å². The van der Waals surface area contributed by atoms with E-state index in [-0.39, 0.29) is 17.3 Å². The van der Waals surface area contributed by atoms with Gasteiger partial charge in [0.25, 0.3) is 10.0 Å². The molecule has 0 N–H and O–H groups in total. The molecule has 2 aromatic rings. The maximum Gasteiger partial charge on any atom is 0.264 e. The van der Waals surface area contributed by atoms with Gasteiger partial charge in [-0.1, -0.05) is 29.3 Å². The largest absolute Gasteiger partial charge is 0.341 e. The summed E-state index contributed by atoms with van der Waals surface area (Å²) in [7, 11) is -3.94. The quantitative estimate of drug-likeness (QED) is 0.749. The first-order chi connectivity index (χ1) is 12.4. The normalized spacial score (nSPS) is 14.5. The van der Waals surface area contributed by atoms with Crippen LogP contribution in [0.15, 0.2) is 53.4 Å². The van der Waals surface area contributed by atoms with E-state index in [1.807, 2.05) is 0 Å². The van der Waals surface area contributed by atoms with E-state index in [1.165, 1.54) is 30.3 Å². The number of hydrogen-bond donors (Lipinski definition) is 0. The first kappa shape index (κ1) is 19.0. The van der Waals surface area contributed by atoms with Crippen LogP contribution in [0.5, 0.6) is 0 Å². The molecular weight excluding hydrogens is 395 g/mol. The summed E-state index contributed by atoms with van der Waals surface area (Å²) in [5.41, 5.74) is 0.347. The number of nitrogens with zero attached hydrogens (tertiary/aromatic N) is 2. The van der Waals surface area contributed by atoms with E-state index in [0.29, 0.717) is 28.8 Å². The lowest BCUT2D eigenvalue weighted by Gasteiger charge is -2.26. The highest BCUT2D eigenvalue weighted by Gasteiger charge is 2.29. The van der Waals surface area contributed by atoms with Gasteiger partial charge in [-0.25, -0.2) is 8.42 Å². The minimum absolute atomic E-state index is 0.0658. The minimum atomic E-state index is -3.94. The Kier molecular flexibility index (Phi) is 5.75. The van der Waals surface area contributed by atoms with Gasteiger partial charge in [0.1, 0.15) is 6.54 Å². The fraction of sp³-hybridized carbons (Fsp3) is 0.278. The Balaban J connectivity index is 1.99. The number of amides is 1. The van der Waals surface area contributed by atoms with Crippen molar-refractivity contribution in [2.24, 2.45) is 0 Å². The summed E-state index contributed by atoms with van der Waals surface area (Å²) < 4.78 is 27.4. The van der Waals surface area contributed by atoms with Gasteiger partial charge in [-0.3, -0.25) is 9.10 Å². The van der Waals surface area contributed by atoms with Crippen LogP contribution >= 0.6 is 23.2 Å².